The largest absolute Gasteiger partial charge is 0.493 e. The molecule has 0 saturated carbocycles. The topological polar surface area (TPSA) is 151 Å². The first kappa shape index (κ1) is 27.1. The number of carbonyl (C=O) groups is 1. The van der Waals surface area contributed by atoms with Gasteiger partial charge in [0.1, 0.15) is 5.76 Å². The minimum absolute atomic E-state index is 0.141. The number of non-ortho nitro benzene ring substituents is 1. The van der Waals surface area contributed by atoms with Crippen molar-refractivity contribution in [2.24, 2.45) is 4.99 Å². The number of nitro groups is 2. The number of carbonyl (C=O) groups excluding carboxylic acids is 1. The van der Waals surface area contributed by atoms with Gasteiger partial charge in [-0.25, -0.2) is 4.99 Å². The van der Waals surface area contributed by atoms with E-state index in [1.54, 1.807) is 30.3 Å². The molecule has 0 N–H and O–H groups in total. The highest BCUT2D eigenvalue weighted by Gasteiger charge is 2.34. The second-order valence-electron chi connectivity index (χ2n) is 8.49. The summed E-state index contributed by atoms with van der Waals surface area (Å²) in [6, 6.07) is 20.7. The second kappa shape index (κ2) is 11.8. The number of aliphatic imine (C=N–C) groups is 1. The average molecular weight is 573 g/mol. The number of nitro benzene ring substituents is 2. The molecule has 13 heteroatoms. The number of amides is 1. The van der Waals surface area contributed by atoms with Crippen LogP contribution in [0.15, 0.2) is 99.4 Å². The van der Waals surface area contributed by atoms with Crippen LogP contribution in [0.5, 0.6) is 17.2 Å². The number of benzene rings is 3. The van der Waals surface area contributed by atoms with Gasteiger partial charge in [0.15, 0.2) is 16.7 Å². The highest BCUT2D eigenvalue weighted by Crippen LogP contribution is 2.40. The van der Waals surface area contributed by atoms with Gasteiger partial charge < -0.3 is 13.9 Å². The minimum Gasteiger partial charge on any atom is -0.493 e. The molecule has 1 fully saturated rings. The van der Waals surface area contributed by atoms with Crippen molar-refractivity contribution < 1.29 is 28.5 Å². The van der Waals surface area contributed by atoms with Gasteiger partial charge in [0.2, 0.25) is 5.75 Å². The fraction of sp³-hybridized carbons (Fsp3) is 0.0714. The number of thioether (sulfide) groups is 1. The van der Waals surface area contributed by atoms with Crippen LogP contribution < -0.4 is 9.47 Å². The molecule has 0 atom stereocenters. The van der Waals surface area contributed by atoms with Gasteiger partial charge in [0.05, 0.1) is 46.4 Å². The van der Waals surface area contributed by atoms with Gasteiger partial charge in [0, 0.05) is 6.07 Å². The molecule has 0 spiro atoms. The fourth-order valence-electron chi connectivity index (χ4n) is 3.88. The lowest BCUT2D eigenvalue weighted by molar-refractivity contribution is -0.394. The van der Waals surface area contributed by atoms with E-state index in [-0.39, 0.29) is 29.7 Å². The summed E-state index contributed by atoms with van der Waals surface area (Å²) < 4.78 is 16.6. The van der Waals surface area contributed by atoms with Crippen molar-refractivity contribution >= 4 is 46.0 Å². The van der Waals surface area contributed by atoms with E-state index >= 15 is 0 Å². The Hall–Kier alpha value is -5.43. The number of hydrogen-bond donors (Lipinski definition) is 0. The van der Waals surface area contributed by atoms with Crippen LogP contribution in [0, 0.1) is 20.2 Å². The Balaban J connectivity index is 1.44. The summed E-state index contributed by atoms with van der Waals surface area (Å²) in [6.45, 7) is 0.200. The summed E-state index contributed by atoms with van der Waals surface area (Å²) in [5.74, 6) is 0.518. The summed E-state index contributed by atoms with van der Waals surface area (Å²) in [5.41, 5.74) is 0.287. The van der Waals surface area contributed by atoms with Crippen molar-refractivity contribution in [1.82, 2.24) is 4.90 Å². The van der Waals surface area contributed by atoms with Crippen LogP contribution in [-0.4, -0.2) is 32.9 Å². The smallest absolute Gasteiger partial charge is 0.318 e. The van der Waals surface area contributed by atoms with Crippen LogP contribution in [0.4, 0.5) is 17.1 Å². The highest BCUT2D eigenvalue weighted by atomic mass is 32.2. The average Bonchev–Trinajstić information content (AvgIpc) is 3.58. The lowest BCUT2D eigenvalue weighted by Crippen LogP contribution is -2.28. The molecule has 2 heterocycles. The maximum atomic E-state index is 13.4. The first-order valence-corrected chi connectivity index (χ1v) is 12.8. The Kier molecular flexibility index (Phi) is 7.78. The third kappa shape index (κ3) is 6.09. The number of hydrogen-bond acceptors (Lipinski definition) is 10. The molecule has 12 nitrogen and oxygen atoms in total. The molecule has 1 amide bonds. The van der Waals surface area contributed by atoms with Crippen LogP contribution in [0.3, 0.4) is 0 Å². The standard InChI is InChI=1S/C28H20N4O8S/c1-38-25-14-18(9-11-24(25)40-23-12-10-20(31(34)35)16-22(23)32(36)37)15-26-27(33)30(17-21-8-5-13-39-21)28(41-26)29-19-6-3-2-4-7-19/h2-16H,17H2,1H3/b26-15-,29-28?. The van der Waals surface area contributed by atoms with Crippen molar-refractivity contribution in [2.75, 3.05) is 7.11 Å². The van der Waals surface area contributed by atoms with E-state index in [0.29, 0.717) is 27.1 Å². The summed E-state index contributed by atoms with van der Waals surface area (Å²) in [6.07, 6.45) is 3.21. The lowest BCUT2D eigenvalue weighted by atomic mass is 10.1. The number of nitrogens with zero attached hydrogens (tertiary/aromatic N) is 4. The molecule has 1 aliphatic heterocycles. The van der Waals surface area contributed by atoms with Crippen molar-refractivity contribution in [3.05, 3.63) is 122 Å². The summed E-state index contributed by atoms with van der Waals surface area (Å²) in [7, 11) is 1.40. The Morgan fingerprint density at radius 3 is 2.41 bits per heavy atom. The zero-order valence-electron chi connectivity index (χ0n) is 21.3. The normalized spacial score (nSPS) is 15.0. The van der Waals surface area contributed by atoms with E-state index < -0.39 is 21.2 Å². The SMILES string of the molecule is COc1cc(/C=C2\SC(=Nc3ccccc3)N(Cc3ccco3)C2=O)ccc1Oc1ccc([N+](=O)[O-])cc1[N+](=O)[O-]. The molecular formula is C28H20N4O8S. The van der Waals surface area contributed by atoms with Gasteiger partial charge in [-0.1, -0.05) is 24.3 Å². The molecule has 0 aliphatic carbocycles. The summed E-state index contributed by atoms with van der Waals surface area (Å²) in [4.78, 5) is 41.1. The van der Waals surface area contributed by atoms with Gasteiger partial charge in [0.25, 0.3) is 11.6 Å². The number of amidine groups is 1. The third-order valence-electron chi connectivity index (χ3n) is 5.82. The Morgan fingerprint density at radius 1 is 0.951 bits per heavy atom. The quantitative estimate of drug-likeness (QED) is 0.121. The third-order valence-corrected chi connectivity index (χ3v) is 6.83. The molecule has 1 aliphatic rings. The zero-order valence-corrected chi connectivity index (χ0v) is 22.1. The van der Waals surface area contributed by atoms with Gasteiger partial charge in [-0.2, -0.15) is 0 Å². The maximum Gasteiger partial charge on any atom is 0.318 e. The molecule has 206 valence electrons. The van der Waals surface area contributed by atoms with Crippen molar-refractivity contribution in [3.63, 3.8) is 0 Å². The number of ether oxygens (including phenoxy) is 2. The predicted molar refractivity (Wildman–Crippen MR) is 151 cm³/mol. The summed E-state index contributed by atoms with van der Waals surface area (Å²) in [5, 5.41) is 23.0. The molecule has 0 radical (unpaired) electrons. The van der Waals surface area contributed by atoms with Gasteiger partial charge >= 0.3 is 5.69 Å². The number of methoxy groups -OCH3 is 1. The van der Waals surface area contributed by atoms with E-state index in [1.807, 2.05) is 30.3 Å². The molecular weight excluding hydrogens is 552 g/mol. The number of para-hydroxylation sites is 1. The monoisotopic (exact) mass is 572 g/mol. The van der Waals surface area contributed by atoms with Crippen LogP contribution in [0.25, 0.3) is 6.08 Å². The summed E-state index contributed by atoms with van der Waals surface area (Å²) >= 11 is 1.21. The van der Waals surface area contributed by atoms with E-state index in [9.17, 15) is 25.0 Å². The first-order valence-electron chi connectivity index (χ1n) is 12.0. The van der Waals surface area contributed by atoms with Crippen LogP contribution in [0.2, 0.25) is 0 Å². The minimum atomic E-state index is -0.764. The van der Waals surface area contributed by atoms with Crippen molar-refractivity contribution in [3.8, 4) is 17.2 Å². The molecule has 0 bridgehead atoms. The van der Waals surface area contributed by atoms with E-state index in [2.05, 4.69) is 4.99 Å². The molecule has 4 aromatic rings. The second-order valence-corrected chi connectivity index (χ2v) is 9.50. The Bertz CT molecular complexity index is 1690. The van der Waals surface area contributed by atoms with Gasteiger partial charge in [-0.05, 0) is 65.9 Å². The molecule has 1 aromatic heterocycles. The van der Waals surface area contributed by atoms with Gasteiger partial charge in [-0.15, -0.1) is 0 Å². The Morgan fingerprint density at radius 2 is 1.73 bits per heavy atom. The van der Waals surface area contributed by atoms with E-state index in [4.69, 9.17) is 13.9 Å². The maximum absolute atomic E-state index is 13.4. The van der Waals surface area contributed by atoms with Crippen LogP contribution >= 0.6 is 11.8 Å². The zero-order chi connectivity index (χ0) is 28.9. The highest BCUT2D eigenvalue weighted by molar-refractivity contribution is 8.18. The van der Waals surface area contributed by atoms with E-state index in [0.717, 1.165) is 18.2 Å². The Labute approximate surface area is 236 Å². The van der Waals surface area contributed by atoms with Crippen LogP contribution in [-0.2, 0) is 11.3 Å². The molecule has 0 unspecified atom stereocenters. The number of furan rings is 1. The molecule has 3 aromatic carbocycles. The first-order chi connectivity index (χ1) is 19.8. The fourth-order valence-corrected chi connectivity index (χ4v) is 4.88. The predicted octanol–water partition coefficient (Wildman–Crippen LogP) is 6.70. The van der Waals surface area contributed by atoms with Crippen LogP contribution in [0.1, 0.15) is 11.3 Å². The number of rotatable bonds is 9. The lowest BCUT2D eigenvalue weighted by Gasteiger charge is -2.13. The van der Waals surface area contributed by atoms with Gasteiger partial charge in [-0.3, -0.25) is 29.9 Å². The van der Waals surface area contributed by atoms with E-state index in [1.165, 1.54) is 36.1 Å². The molecule has 41 heavy (non-hydrogen) atoms. The molecule has 5 rings (SSSR count). The van der Waals surface area contributed by atoms with Crippen molar-refractivity contribution in [1.29, 1.82) is 0 Å². The van der Waals surface area contributed by atoms with Crippen molar-refractivity contribution in [2.45, 2.75) is 6.54 Å². The molecule has 1 saturated heterocycles.